The minimum atomic E-state index is -0.398. The first-order chi connectivity index (χ1) is 9.40. The topological polar surface area (TPSA) is 41.1 Å². The van der Waals surface area contributed by atoms with E-state index < -0.39 is 5.41 Å². The number of nitrogens with one attached hydrogen (secondary N) is 2. The molecule has 3 heteroatoms. The highest BCUT2D eigenvalue weighted by Crippen LogP contribution is 2.18. The van der Waals surface area contributed by atoms with Crippen LogP contribution in [0.1, 0.15) is 51.3 Å². The highest BCUT2D eigenvalue weighted by Gasteiger charge is 2.26. The van der Waals surface area contributed by atoms with Crippen molar-refractivity contribution in [2.24, 2.45) is 5.41 Å². The van der Waals surface area contributed by atoms with Gasteiger partial charge in [0.25, 0.3) is 0 Å². The van der Waals surface area contributed by atoms with Crippen molar-refractivity contribution in [1.82, 2.24) is 10.6 Å². The number of benzene rings is 1. The molecule has 0 saturated carbocycles. The average molecular weight is 276 g/mol. The molecule has 0 aliphatic carbocycles. The Morgan fingerprint density at radius 2 is 1.85 bits per heavy atom. The minimum absolute atomic E-state index is 0.0653. The molecule has 1 aromatic rings. The van der Waals surface area contributed by atoms with Crippen molar-refractivity contribution in [2.75, 3.05) is 13.6 Å². The highest BCUT2D eigenvalue weighted by atomic mass is 16.2. The van der Waals surface area contributed by atoms with Gasteiger partial charge in [-0.05, 0) is 38.3 Å². The second-order valence-corrected chi connectivity index (χ2v) is 6.06. The summed E-state index contributed by atoms with van der Waals surface area (Å²) in [4.78, 5) is 11.7. The van der Waals surface area contributed by atoms with Gasteiger partial charge < -0.3 is 10.6 Å². The molecule has 1 atom stereocenters. The fourth-order valence-electron chi connectivity index (χ4n) is 2.21. The highest BCUT2D eigenvalue weighted by molar-refractivity contribution is 5.81. The van der Waals surface area contributed by atoms with E-state index in [-0.39, 0.29) is 11.9 Å². The van der Waals surface area contributed by atoms with Crippen LogP contribution in [0.4, 0.5) is 0 Å². The molecule has 1 amide bonds. The van der Waals surface area contributed by atoms with Crippen LogP contribution in [0.25, 0.3) is 0 Å². The van der Waals surface area contributed by atoms with Gasteiger partial charge in [0.2, 0.25) is 5.91 Å². The summed E-state index contributed by atoms with van der Waals surface area (Å²) in [5.41, 5.74) is 2.25. The zero-order chi connectivity index (χ0) is 15.2. The molecule has 0 heterocycles. The molecule has 0 aliphatic rings. The predicted molar refractivity (Wildman–Crippen MR) is 84.7 cm³/mol. The van der Waals surface area contributed by atoms with E-state index in [2.05, 4.69) is 48.7 Å². The number of hydrogen-bond donors (Lipinski definition) is 2. The van der Waals surface area contributed by atoms with Gasteiger partial charge >= 0.3 is 0 Å². The molecular weight excluding hydrogens is 248 g/mol. The monoisotopic (exact) mass is 276 g/mol. The van der Waals surface area contributed by atoms with Crippen LogP contribution in [0.3, 0.4) is 0 Å². The van der Waals surface area contributed by atoms with Crippen molar-refractivity contribution in [3.8, 4) is 0 Å². The third-order valence-electron chi connectivity index (χ3n) is 3.71. The fourth-order valence-corrected chi connectivity index (χ4v) is 2.21. The number of carbonyl (C=O) groups excluding carboxylic acids is 1. The number of aryl methyl sites for hydroxylation is 1. The van der Waals surface area contributed by atoms with Crippen LogP contribution < -0.4 is 10.6 Å². The molecule has 1 rings (SSSR count). The molecule has 0 radical (unpaired) electrons. The van der Waals surface area contributed by atoms with Crippen LogP contribution in [0.2, 0.25) is 0 Å². The molecule has 0 aliphatic heterocycles. The van der Waals surface area contributed by atoms with Gasteiger partial charge in [0, 0.05) is 19.6 Å². The number of hydrogen-bond acceptors (Lipinski definition) is 2. The molecule has 0 bridgehead atoms. The van der Waals surface area contributed by atoms with Crippen molar-refractivity contribution in [2.45, 2.75) is 46.6 Å². The zero-order valence-corrected chi connectivity index (χ0v) is 13.4. The number of rotatable bonds is 7. The summed E-state index contributed by atoms with van der Waals surface area (Å²) in [6.45, 7) is 8.89. The molecule has 112 valence electrons. The summed E-state index contributed by atoms with van der Waals surface area (Å²) >= 11 is 0. The van der Waals surface area contributed by atoms with E-state index in [9.17, 15) is 4.79 Å². The second-order valence-electron chi connectivity index (χ2n) is 6.06. The van der Waals surface area contributed by atoms with Gasteiger partial charge in [0.05, 0.1) is 5.41 Å². The van der Waals surface area contributed by atoms with Crippen LogP contribution in [-0.2, 0) is 11.2 Å². The molecular formula is C17H28N2O. The maximum absolute atomic E-state index is 11.7. The van der Waals surface area contributed by atoms with Crippen molar-refractivity contribution in [1.29, 1.82) is 0 Å². The van der Waals surface area contributed by atoms with Crippen LogP contribution >= 0.6 is 0 Å². The maximum Gasteiger partial charge on any atom is 0.226 e. The van der Waals surface area contributed by atoms with Gasteiger partial charge in [0.1, 0.15) is 0 Å². The Labute approximate surface area is 123 Å². The molecule has 1 aromatic carbocycles. The van der Waals surface area contributed by atoms with E-state index in [0.29, 0.717) is 6.54 Å². The molecule has 3 nitrogen and oxygen atoms in total. The third kappa shape index (κ3) is 4.64. The average Bonchev–Trinajstić information content (AvgIpc) is 2.45. The maximum atomic E-state index is 11.7. The van der Waals surface area contributed by atoms with Crippen LogP contribution in [-0.4, -0.2) is 19.5 Å². The van der Waals surface area contributed by atoms with Crippen LogP contribution in [0, 0.1) is 5.41 Å². The summed E-state index contributed by atoms with van der Waals surface area (Å²) in [5, 5.41) is 6.16. The van der Waals surface area contributed by atoms with Crippen LogP contribution in [0.5, 0.6) is 0 Å². The SMILES string of the molecule is CCCc1ccc(C(C)NCC(C)(C)C(=O)NC)cc1. The summed E-state index contributed by atoms with van der Waals surface area (Å²) in [6, 6.07) is 8.99. The van der Waals surface area contributed by atoms with Gasteiger partial charge in [0.15, 0.2) is 0 Å². The van der Waals surface area contributed by atoms with E-state index in [4.69, 9.17) is 0 Å². The first kappa shape index (κ1) is 16.7. The molecule has 20 heavy (non-hydrogen) atoms. The van der Waals surface area contributed by atoms with Crippen molar-refractivity contribution in [3.05, 3.63) is 35.4 Å². The van der Waals surface area contributed by atoms with E-state index in [1.54, 1.807) is 7.05 Å². The van der Waals surface area contributed by atoms with E-state index in [1.807, 2.05) is 13.8 Å². The van der Waals surface area contributed by atoms with Crippen molar-refractivity contribution in [3.63, 3.8) is 0 Å². The Bertz CT molecular complexity index is 423. The van der Waals surface area contributed by atoms with Gasteiger partial charge in [-0.3, -0.25) is 4.79 Å². The lowest BCUT2D eigenvalue weighted by Gasteiger charge is -2.25. The molecule has 1 unspecified atom stereocenters. The van der Waals surface area contributed by atoms with Crippen molar-refractivity contribution >= 4 is 5.91 Å². The normalized spacial score (nSPS) is 13.1. The number of amides is 1. The largest absolute Gasteiger partial charge is 0.359 e. The van der Waals surface area contributed by atoms with Gasteiger partial charge in [-0.15, -0.1) is 0 Å². The van der Waals surface area contributed by atoms with E-state index >= 15 is 0 Å². The predicted octanol–water partition coefficient (Wildman–Crippen LogP) is 3.06. The molecule has 0 spiro atoms. The van der Waals surface area contributed by atoms with E-state index in [1.165, 1.54) is 17.5 Å². The van der Waals surface area contributed by atoms with Gasteiger partial charge in [-0.1, -0.05) is 37.6 Å². The summed E-state index contributed by atoms with van der Waals surface area (Å²) in [5.74, 6) is 0.0653. The van der Waals surface area contributed by atoms with Gasteiger partial charge in [-0.25, -0.2) is 0 Å². The Hall–Kier alpha value is -1.35. The third-order valence-corrected chi connectivity index (χ3v) is 3.71. The van der Waals surface area contributed by atoms with Crippen LogP contribution in [0.15, 0.2) is 24.3 Å². The zero-order valence-electron chi connectivity index (χ0n) is 13.4. The number of carbonyl (C=O) groups is 1. The first-order valence-corrected chi connectivity index (χ1v) is 7.45. The summed E-state index contributed by atoms with van der Waals surface area (Å²) in [7, 11) is 1.68. The molecule has 0 saturated heterocycles. The quantitative estimate of drug-likeness (QED) is 0.803. The van der Waals surface area contributed by atoms with Gasteiger partial charge in [-0.2, -0.15) is 0 Å². The Kier molecular flexibility index (Phi) is 6.21. The Morgan fingerprint density at radius 3 is 2.35 bits per heavy atom. The second kappa shape index (κ2) is 7.44. The molecule has 0 fully saturated rings. The first-order valence-electron chi connectivity index (χ1n) is 7.45. The fraction of sp³-hybridized carbons (Fsp3) is 0.588. The summed E-state index contributed by atoms with van der Waals surface area (Å²) < 4.78 is 0. The molecule has 0 aromatic heterocycles. The molecule has 2 N–H and O–H groups in total. The van der Waals surface area contributed by atoms with E-state index in [0.717, 1.165) is 6.42 Å². The minimum Gasteiger partial charge on any atom is -0.359 e. The smallest absolute Gasteiger partial charge is 0.226 e. The Morgan fingerprint density at radius 1 is 1.25 bits per heavy atom. The lowest BCUT2D eigenvalue weighted by atomic mass is 9.91. The van der Waals surface area contributed by atoms with Crippen molar-refractivity contribution < 1.29 is 4.79 Å². The lowest BCUT2D eigenvalue weighted by molar-refractivity contribution is -0.128. The summed E-state index contributed by atoms with van der Waals surface area (Å²) in [6.07, 6.45) is 2.30. The Balaban J connectivity index is 2.58. The lowest BCUT2D eigenvalue weighted by Crippen LogP contribution is -2.42. The standard InChI is InChI=1S/C17H28N2O/c1-6-7-14-8-10-15(11-9-14)13(2)19-12-17(3,4)16(20)18-5/h8-11,13,19H,6-7,12H2,1-5H3,(H,18,20).